The van der Waals surface area contributed by atoms with Gasteiger partial charge in [0.1, 0.15) is 0 Å². The number of imidazole rings is 1. The van der Waals surface area contributed by atoms with Crippen LogP contribution in [-0.2, 0) is 17.8 Å². The first kappa shape index (κ1) is 17.0. The summed E-state index contributed by atoms with van der Waals surface area (Å²) in [4.78, 5) is 16.6. The first-order chi connectivity index (χ1) is 11.7. The number of nitrogens with one attached hydrogen (secondary N) is 1. The fourth-order valence-corrected chi connectivity index (χ4v) is 3.97. The van der Waals surface area contributed by atoms with Crippen molar-refractivity contribution in [2.24, 2.45) is 5.73 Å². The monoisotopic (exact) mass is 344 g/mol. The molecule has 128 valence electrons. The fourth-order valence-electron chi connectivity index (χ4n) is 2.86. The third-order valence-electron chi connectivity index (χ3n) is 4.23. The van der Waals surface area contributed by atoms with E-state index in [0.29, 0.717) is 6.42 Å². The highest BCUT2D eigenvalue weighted by atomic mass is 32.2. The molecule has 1 aliphatic rings. The predicted octanol–water partition coefficient (Wildman–Crippen LogP) is 1.81. The van der Waals surface area contributed by atoms with Gasteiger partial charge in [0.25, 0.3) is 0 Å². The first-order valence-electron chi connectivity index (χ1n) is 8.39. The molecule has 0 saturated carbocycles. The van der Waals surface area contributed by atoms with Crippen LogP contribution in [0.5, 0.6) is 0 Å². The number of aromatic nitrogens is 2. The molecule has 1 aliphatic heterocycles. The summed E-state index contributed by atoms with van der Waals surface area (Å²) in [5, 5.41) is 3.07. The van der Waals surface area contributed by atoms with Gasteiger partial charge in [0, 0.05) is 25.2 Å². The maximum Gasteiger partial charge on any atom is 0.237 e. The number of carbonyl (C=O) groups is 1. The summed E-state index contributed by atoms with van der Waals surface area (Å²) in [6, 6.07) is 9.96. The summed E-state index contributed by atoms with van der Waals surface area (Å²) in [7, 11) is 0. The Morgan fingerprint density at radius 2 is 2.08 bits per heavy atom. The van der Waals surface area contributed by atoms with E-state index in [1.54, 1.807) is 6.33 Å². The maximum absolute atomic E-state index is 12.2. The van der Waals surface area contributed by atoms with Crippen LogP contribution in [-0.4, -0.2) is 39.0 Å². The van der Waals surface area contributed by atoms with Gasteiger partial charge in [-0.1, -0.05) is 30.3 Å². The lowest BCUT2D eigenvalue weighted by Crippen LogP contribution is -2.47. The number of nitrogens with zero attached hydrogens (tertiary/aromatic N) is 2. The number of nitrogens with two attached hydrogens (primary N) is 1. The molecule has 1 atom stereocenters. The molecule has 0 aliphatic carbocycles. The summed E-state index contributed by atoms with van der Waals surface area (Å²) in [5.41, 5.74) is 8.14. The van der Waals surface area contributed by atoms with Crippen molar-refractivity contribution in [3.05, 3.63) is 54.1 Å². The lowest BCUT2D eigenvalue weighted by molar-refractivity contribution is -0.123. The van der Waals surface area contributed by atoms with Gasteiger partial charge in [0.05, 0.1) is 18.1 Å². The molecule has 0 bridgehead atoms. The second-order valence-electron chi connectivity index (χ2n) is 6.23. The molecule has 1 saturated heterocycles. The average molecular weight is 344 g/mol. The molecule has 5 nitrogen and oxygen atoms in total. The first-order valence-corrected chi connectivity index (χ1v) is 9.54. The zero-order valence-corrected chi connectivity index (χ0v) is 14.5. The van der Waals surface area contributed by atoms with Gasteiger partial charge in [0.2, 0.25) is 5.91 Å². The Hall–Kier alpha value is -1.79. The van der Waals surface area contributed by atoms with Gasteiger partial charge >= 0.3 is 0 Å². The quantitative estimate of drug-likeness (QED) is 0.838. The van der Waals surface area contributed by atoms with Gasteiger partial charge in [-0.05, 0) is 29.9 Å². The van der Waals surface area contributed by atoms with E-state index in [-0.39, 0.29) is 11.9 Å². The van der Waals surface area contributed by atoms with Crippen molar-refractivity contribution in [3.63, 3.8) is 0 Å². The van der Waals surface area contributed by atoms with Crippen LogP contribution >= 0.6 is 11.8 Å². The summed E-state index contributed by atoms with van der Waals surface area (Å²) in [6.45, 7) is 0.773. The van der Waals surface area contributed by atoms with E-state index in [1.165, 1.54) is 5.56 Å². The number of benzene rings is 1. The van der Waals surface area contributed by atoms with Crippen LogP contribution in [0, 0.1) is 0 Å². The Morgan fingerprint density at radius 1 is 1.33 bits per heavy atom. The normalized spacial score (nSPS) is 16.7. The zero-order chi connectivity index (χ0) is 16.8. The van der Waals surface area contributed by atoms with E-state index >= 15 is 0 Å². The molecule has 1 aromatic carbocycles. The summed E-state index contributed by atoms with van der Waals surface area (Å²) < 4.78 is 2.02. The SMILES string of the molecule is N[C@@H](Cc1cn(Cc2ccccc2)cn1)C(=O)NC1CCSCC1. The predicted molar refractivity (Wildman–Crippen MR) is 97.9 cm³/mol. The minimum absolute atomic E-state index is 0.0653. The number of carbonyl (C=O) groups excluding carboxylic acids is 1. The summed E-state index contributed by atoms with van der Waals surface area (Å²) >= 11 is 1.94. The Bertz CT molecular complexity index is 652. The number of rotatable bonds is 6. The molecule has 3 rings (SSSR count). The molecule has 6 heteroatoms. The van der Waals surface area contributed by atoms with Crippen LogP contribution in [0.15, 0.2) is 42.9 Å². The molecular formula is C18H24N4OS. The summed E-state index contributed by atoms with van der Waals surface area (Å²) in [5.74, 6) is 2.17. The number of hydrogen-bond donors (Lipinski definition) is 2. The minimum atomic E-state index is -0.542. The molecule has 1 fully saturated rings. The van der Waals surface area contributed by atoms with Crippen molar-refractivity contribution >= 4 is 17.7 Å². The molecular weight excluding hydrogens is 320 g/mol. The van der Waals surface area contributed by atoms with Crippen LogP contribution in [0.25, 0.3) is 0 Å². The summed E-state index contributed by atoms with van der Waals surface area (Å²) in [6.07, 6.45) is 6.31. The molecule has 0 radical (unpaired) electrons. The molecule has 1 aromatic heterocycles. The number of hydrogen-bond acceptors (Lipinski definition) is 4. The standard InChI is InChI=1S/C18H24N4OS/c19-17(18(23)21-15-6-8-24-9-7-15)10-16-12-22(13-20-16)11-14-4-2-1-3-5-14/h1-5,12-13,15,17H,6-11,19H2,(H,21,23)/t17-/m0/s1. The Morgan fingerprint density at radius 3 is 2.83 bits per heavy atom. The Kier molecular flexibility index (Phi) is 5.93. The lowest BCUT2D eigenvalue weighted by Gasteiger charge is -2.24. The van der Waals surface area contributed by atoms with Crippen molar-refractivity contribution in [3.8, 4) is 0 Å². The van der Waals surface area contributed by atoms with Crippen LogP contribution in [0.2, 0.25) is 0 Å². The van der Waals surface area contributed by atoms with Gasteiger partial charge < -0.3 is 15.6 Å². The highest BCUT2D eigenvalue weighted by molar-refractivity contribution is 7.99. The maximum atomic E-state index is 12.2. The van der Waals surface area contributed by atoms with Gasteiger partial charge in [-0.15, -0.1) is 0 Å². The molecule has 2 aromatic rings. The fraction of sp³-hybridized carbons (Fsp3) is 0.444. The van der Waals surface area contributed by atoms with Gasteiger partial charge in [0.15, 0.2) is 0 Å². The second kappa shape index (κ2) is 8.35. The number of thioether (sulfide) groups is 1. The van der Waals surface area contributed by atoms with Crippen LogP contribution in [0.3, 0.4) is 0 Å². The smallest absolute Gasteiger partial charge is 0.237 e. The van der Waals surface area contributed by atoms with Gasteiger partial charge in [-0.3, -0.25) is 4.79 Å². The van der Waals surface area contributed by atoms with E-state index in [4.69, 9.17) is 5.73 Å². The van der Waals surface area contributed by atoms with Crippen LogP contribution in [0.4, 0.5) is 0 Å². The Labute approximate surface area is 147 Å². The minimum Gasteiger partial charge on any atom is -0.352 e. The zero-order valence-electron chi connectivity index (χ0n) is 13.7. The van der Waals surface area contributed by atoms with E-state index in [1.807, 2.05) is 40.7 Å². The van der Waals surface area contributed by atoms with Crippen LogP contribution < -0.4 is 11.1 Å². The van der Waals surface area contributed by atoms with E-state index in [9.17, 15) is 4.79 Å². The van der Waals surface area contributed by atoms with Gasteiger partial charge in [-0.2, -0.15) is 11.8 Å². The van der Waals surface area contributed by atoms with E-state index in [0.717, 1.165) is 36.6 Å². The van der Waals surface area contributed by atoms with Crippen molar-refractivity contribution in [2.45, 2.75) is 37.9 Å². The van der Waals surface area contributed by atoms with Gasteiger partial charge in [-0.25, -0.2) is 4.98 Å². The van der Waals surface area contributed by atoms with Crippen molar-refractivity contribution in [1.82, 2.24) is 14.9 Å². The third kappa shape index (κ3) is 4.85. The van der Waals surface area contributed by atoms with E-state index in [2.05, 4.69) is 22.4 Å². The number of amides is 1. The lowest BCUT2D eigenvalue weighted by atomic mass is 10.1. The highest BCUT2D eigenvalue weighted by Crippen LogP contribution is 2.17. The molecule has 24 heavy (non-hydrogen) atoms. The topological polar surface area (TPSA) is 72.9 Å². The van der Waals surface area contributed by atoms with E-state index < -0.39 is 6.04 Å². The molecule has 2 heterocycles. The molecule has 0 spiro atoms. The average Bonchev–Trinajstić information content (AvgIpc) is 3.03. The highest BCUT2D eigenvalue weighted by Gasteiger charge is 2.21. The van der Waals surface area contributed by atoms with Crippen molar-refractivity contribution < 1.29 is 4.79 Å². The Balaban J connectivity index is 1.51. The largest absolute Gasteiger partial charge is 0.352 e. The molecule has 1 amide bonds. The molecule has 0 unspecified atom stereocenters. The van der Waals surface area contributed by atoms with Crippen molar-refractivity contribution in [2.75, 3.05) is 11.5 Å². The third-order valence-corrected chi connectivity index (χ3v) is 5.28. The van der Waals surface area contributed by atoms with Crippen LogP contribution in [0.1, 0.15) is 24.1 Å². The molecule has 3 N–H and O–H groups in total. The van der Waals surface area contributed by atoms with Crippen molar-refractivity contribution in [1.29, 1.82) is 0 Å². The second-order valence-corrected chi connectivity index (χ2v) is 7.45.